The average Bonchev–Trinajstić information content (AvgIpc) is 1.35. The average molecular weight is 155 g/mol. The zero-order valence-corrected chi connectivity index (χ0v) is 3.90. The van der Waals surface area contributed by atoms with Gasteiger partial charge >= 0.3 is 5.09 Å². The third-order valence-electron chi connectivity index (χ3n) is 0.129. The van der Waals surface area contributed by atoms with E-state index in [0.29, 0.717) is 0 Å². The summed E-state index contributed by atoms with van der Waals surface area (Å²) in [5.41, 5.74) is 0. The van der Waals surface area contributed by atoms with Crippen LogP contribution in [0.4, 0.5) is 0 Å². The van der Waals surface area contributed by atoms with Crippen LogP contribution in [-0.4, -0.2) is 11.6 Å². The van der Waals surface area contributed by atoms with Gasteiger partial charge in [0.1, 0.15) is 0 Å². The summed E-state index contributed by atoms with van der Waals surface area (Å²) in [5.74, 6) is 0. The molecule has 0 unspecified atom stereocenters. The van der Waals surface area contributed by atoms with Crippen LogP contribution >= 0.6 is 0 Å². The predicted molar refractivity (Wildman–Crippen MR) is 14.1 cm³/mol. The maximum atomic E-state index is 8.95. The Labute approximate surface area is 49.2 Å². The third-order valence-corrected chi connectivity index (χ3v) is 0.129. The number of rotatable bonds is 2. The van der Waals surface area contributed by atoms with E-state index >= 15 is 0 Å². The van der Waals surface area contributed by atoms with Crippen LogP contribution in [0.15, 0.2) is 0 Å². The van der Waals surface area contributed by atoms with Gasteiger partial charge in [0, 0.05) is 17.1 Å². The van der Waals surface area contributed by atoms with Crippen LogP contribution in [0, 0.1) is 10.1 Å². The van der Waals surface area contributed by atoms with E-state index in [4.69, 9.17) is 14.9 Å². The molecule has 0 spiro atoms. The molecule has 0 aromatic heterocycles. The number of hydrogen-bond donors (Lipinski definition) is 0. The predicted octanol–water partition coefficient (Wildman–Crippen LogP) is -0.651. The minimum Gasteiger partial charge on any atom is -0.272 e. The first kappa shape index (κ1) is 9.63. The molecular weight excluding hydrogens is 154 g/mol. The summed E-state index contributed by atoms with van der Waals surface area (Å²) in [6, 6.07) is 0. The molecule has 5 nitrogen and oxygen atoms in total. The van der Waals surface area contributed by atoms with Crippen LogP contribution in [0.1, 0.15) is 0 Å². The van der Waals surface area contributed by atoms with Crippen molar-refractivity contribution in [1.82, 2.24) is 0 Å². The fraction of sp³-hybridized carbons (Fsp3) is 0. The van der Waals surface area contributed by atoms with Crippen LogP contribution in [0.3, 0.4) is 0 Å². The van der Waals surface area contributed by atoms with Crippen molar-refractivity contribution in [3.8, 4) is 0 Å². The molecule has 0 aliphatic rings. The van der Waals surface area contributed by atoms with Crippen molar-refractivity contribution < 1.29 is 31.8 Å². The van der Waals surface area contributed by atoms with Crippen molar-refractivity contribution >= 4 is 6.47 Å². The number of carbonyl (C=O) groups is 1. The van der Waals surface area contributed by atoms with Gasteiger partial charge in [-0.1, -0.05) is 0 Å². The fourth-order valence-electron chi connectivity index (χ4n) is 0.0351. The molecule has 0 fully saturated rings. The normalized spacial score (nSPS) is 5.71. The zero-order valence-electron chi connectivity index (χ0n) is 2.96. The SMILES string of the molecule is O=CO[N+](=O)[O-].[Cu]. The maximum Gasteiger partial charge on any atom is 0.302 e. The third kappa shape index (κ3) is 10.8. The van der Waals surface area contributed by atoms with Gasteiger partial charge in [-0.3, -0.25) is 4.79 Å². The smallest absolute Gasteiger partial charge is 0.272 e. The molecule has 0 heterocycles. The van der Waals surface area contributed by atoms with E-state index in [9.17, 15) is 0 Å². The van der Waals surface area contributed by atoms with Gasteiger partial charge in [-0.15, -0.1) is 10.1 Å². The van der Waals surface area contributed by atoms with E-state index < -0.39 is 5.09 Å². The van der Waals surface area contributed by atoms with Crippen LogP contribution in [0.2, 0.25) is 0 Å². The molecule has 0 saturated heterocycles. The summed E-state index contributed by atoms with van der Waals surface area (Å²) in [5, 5.41) is 7.76. The largest absolute Gasteiger partial charge is 0.302 e. The molecule has 0 aliphatic carbocycles. The Hall–Kier alpha value is -0.611. The van der Waals surface area contributed by atoms with E-state index in [2.05, 4.69) is 4.84 Å². The number of carbonyl (C=O) groups excluding carboxylic acids is 1. The summed E-state index contributed by atoms with van der Waals surface area (Å²) < 4.78 is 0. The second kappa shape index (κ2) is 5.39. The molecule has 0 aromatic rings. The van der Waals surface area contributed by atoms with Gasteiger partial charge in [0.05, 0.1) is 0 Å². The molecule has 7 heavy (non-hydrogen) atoms. The van der Waals surface area contributed by atoms with Crippen molar-refractivity contribution in [2.45, 2.75) is 0 Å². The van der Waals surface area contributed by atoms with Crippen molar-refractivity contribution in [3.63, 3.8) is 0 Å². The molecule has 0 N–H and O–H groups in total. The minimum atomic E-state index is -1.19. The van der Waals surface area contributed by atoms with Gasteiger partial charge in [-0.05, 0) is 0 Å². The summed E-state index contributed by atoms with van der Waals surface area (Å²) in [6.45, 7) is -0.250. The molecule has 0 aromatic carbocycles. The van der Waals surface area contributed by atoms with Gasteiger partial charge in [0.2, 0.25) is 0 Å². The second-order valence-electron chi connectivity index (χ2n) is 0.425. The summed E-state index contributed by atoms with van der Waals surface area (Å²) >= 11 is 0. The molecule has 0 bridgehead atoms. The van der Waals surface area contributed by atoms with Gasteiger partial charge in [-0.25, -0.2) is 4.84 Å². The van der Waals surface area contributed by atoms with Crippen molar-refractivity contribution in [3.05, 3.63) is 10.1 Å². The van der Waals surface area contributed by atoms with Crippen molar-refractivity contribution in [2.24, 2.45) is 0 Å². The van der Waals surface area contributed by atoms with Crippen LogP contribution < -0.4 is 0 Å². The Balaban J connectivity index is 0. The second-order valence-corrected chi connectivity index (χ2v) is 0.425. The Bertz CT molecular complexity index is 72.1. The van der Waals surface area contributed by atoms with Crippen molar-refractivity contribution in [1.29, 1.82) is 0 Å². The molecule has 45 valence electrons. The summed E-state index contributed by atoms with van der Waals surface area (Å²) in [6.07, 6.45) is 0. The minimum absolute atomic E-state index is 0. The first-order valence-corrected chi connectivity index (χ1v) is 1.02. The molecule has 0 rings (SSSR count). The molecule has 6 heteroatoms. The van der Waals surface area contributed by atoms with Gasteiger partial charge in [0.15, 0.2) is 0 Å². The molecule has 0 aliphatic heterocycles. The Morgan fingerprint density at radius 1 is 1.71 bits per heavy atom. The fourth-order valence-corrected chi connectivity index (χ4v) is 0.0351. The summed E-state index contributed by atoms with van der Waals surface area (Å²) in [4.78, 5) is 21.0. The van der Waals surface area contributed by atoms with Crippen LogP contribution in [0.25, 0.3) is 0 Å². The molecule has 1 radical (unpaired) electrons. The Morgan fingerprint density at radius 2 is 2.14 bits per heavy atom. The Morgan fingerprint density at radius 3 is 2.14 bits per heavy atom. The van der Waals surface area contributed by atoms with E-state index in [1.807, 2.05) is 0 Å². The standard InChI is InChI=1S/CHNO4.Cu/c3-1-6-2(4)5;/h1H;. The molecular formula is CHCuNO4. The van der Waals surface area contributed by atoms with E-state index in [1.54, 1.807) is 0 Å². The molecule has 0 saturated carbocycles. The van der Waals surface area contributed by atoms with Crippen LogP contribution in [-0.2, 0) is 26.7 Å². The van der Waals surface area contributed by atoms with Crippen molar-refractivity contribution in [2.75, 3.05) is 0 Å². The molecule has 0 atom stereocenters. The van der Waals surface area contributed by atoms with E-state index in [-0.39, 0.29) is 23.5 Å². The number of hydrogen-bond acceptors (Lipinski definition) is 4. The van der Waals surface area contributed by atoms with Gasteiger partial charge < -0.3 is 0 Å². The first-order valence-electron chi connectivity index (χ1n) is 1.02. The molecule has 0 amide bonds. The quantitative estimate of drug-likeness (QED) is 0.229. The first-order chi connectivity index (χ1) is 2.77. The zero-order chi connectivity index (χ0) is 4.99. The van der Waals surface area contributed by atoms with Gasteiger partial charge in [-0.2, -0.15) is 0 Å². The Kier molecular flexibility index (Phi) is 7.42. The van der Waals surface area contributed by atoms with Gasteiger partial charge in [0.25, 0.3) is 6.47 Å². The monoisotopic (exact) mass is 154 g/mol. The summed E-state index contributed by atoms with van der Waals surface area (Å²) in [7, 11) is 0. The van der Waals surface area contributed by atoms with E-state index in [1.165, 1.54) is 0 Å². The van der Waals surface area contributed by atoms with E-state index in [0.717, 1.165) is 0 Å². The maximum absolute atomic E-state index is 8.95. The topological polar surface area (TPSA) is 69.4 Å². The van der Waals surface area contributed by atoms with Crippen LogP contribution in [0.5, 0.6) is 0 Å². The number of nitrogens with zero attached hydrogens (tertiary/aromatic N) is 1.